The third-order valence-electron chi connectivity index (χ3n) is 8.47. The van der Waals surface area contributed by atoms with Gasteiger partial charge in [-0.3, -0.25) is 4.79 Å². The number of pyridine rings is 1. The van der Waals surface area contributed by atoms with E-state index in [9.17, 15) is 9.90 Å². The molecule has 3 heterocycles. The van der Waals surface area contributed by atoms with Crippen molar-refractivity contribution in [1.82, 2.24) is 4.98 Å². The van der Waals surface area contributed by atoms with E-state index in [0.717, 1.165) is 17.5 Å². The monoisotopic (exact) mass is 605 g/mol. The number of carbonyl (C=O) groups is 1. The van der Waals surface area contributed by atoms with Gasteiger partial charge < -0.3 is 19.3 Å². The fourth-order valence-corrected chi connectivity index (χ4v) is 6.80. The van der Waals surface area contributed by atoms with Crippen LogP contribution >= 0.6 is 23.2 Å². The minimum Gasteiger partial charge on any atom is -0.493 e. The van der Waals surface area contributed by atoms with Gasteiger partial charge in [-0.25, -0.2) is 0 Å². The first-order valence-corrected chi connectivity index (χ1v) is 14.4. The second-order valence-electron chi connectivity index (χ2n) is 11.3. The number of halogens is 2. The van der Waals surface area contributed by atoms with Gasteiger partial charge in [0.2, 0.25) is 11.8 Å². The molecule has 42 heavy (non-hydrogen) atoms. The zero-order valence-electron chi connectivity index (χ0n) is 24.4. The number of nitrogens with zero attached hydrogens (tertiary/aromatic N) is 1. The molecule has 0 amide bonds. The standard InChI is InChI=1S/C34H33Cl2NO5/c1-19(2)17-20-11-13-21(14-12-20)23-9-7-8-10-24(23)34(4,32(38)39)33(3,22-15-16-25(40-5)26(18-22)41-6)27-28(35)30-37-31(42-30)29(27)36/h7-16,18-19H,17H2,1-6H3,(H,38,39). The zero-order chi connectivity index (χ0) is 30.4. The van der Waals surface area contributed by atoms with Crippen LogP contribution in [-0.4, -0.2) is 30.3 Å². The Labute approximate surface area is 256 Å². The Hall–Kier alpha value is -3.74. The molecular weight excluding hydrogens is 573 g/mol. The molecule has 2 bridgehead atoms. The van der Waals surface area contributed by atoms with Crippen molar-refractivity contribution in [2.24, 2.45) is 5.92 Å². The molecule has 2 aliphatic heterocycles. The molecule has 2 aliphatic rings. The summed E-state index contributed by atoms with van der Waals surface area (Å²) in [7, 11) is 3.08. The van der Waals surface area contributed by atoms with E-state index in [4.69, 9.17) is 37.4 Å². The normalized spacial score (nSPS) is 14.8. The van der Waals surface area contributed by atoms with E-state index in [0.29, 0.717) is 34.1 Å². The van der Waals surface area contributed by atoms with E-state index >= 15 is 0 Å². The summed E-state index contributed by atoms with van der Waals surface area (Å²) in [6, 6.07) is 21.2. The van der Waals surface area contributed by atoms with Gasteiger partial charge in [-0.1, -0.05) is 91.6 Å². The SMILES string of the molecule is COc1ccc(C(C)(c2c(Cl)c3nc(c2Cl)O3)C(C)(C(=O)O)c2ccccc2-c2ccc(CC(C)C)cc2)cc1OC. The number of aliphatic carboxylic acids is 1. The van der Waals surface area contributed by atoms with Crippen LogP contribution in [0.1, 0.15) is 49.9 Å². The van der Waals surface area contributed by atoms with E-state index in [1.807, 2.05) is 49.4 Å². The second-order valence-corrected chi connectivity index (χ2v) is 12.0. The van der Waals surface area contributed by atoms with Crippen LogP contribution in [0.2, 0.25) is 10.0 Å². The second kappa shape index (κ2) is 11.2. The summed E-state index contributed by atoms with van der Waals surface area (Å²) in [5.41, 5.74) is 1.58. The average molecular weight is 607 g/mol. The summed E-state index contributed by atoms with van der Waals surface area (Å²) in [5.74, 6) is 0.827. The van der Waals surface area contributed by atoms with Crippen molar-refractivity contribution in [3.8, 4) is 34.4 Å². The van der Waals surface area contributed by atoms with Crippen LogP contribution in [0.15, 0.2) is 66.7 Å². The van der Waals surface area contributed by atoms with Crippen molar-refractivity contribution in [1.29, 1.82) is 0 Å². The van der Waals surface area contributed by atoms with Crippen LogP contribution in [0.4, 0.5) is 0 Å². The van der Waals surface area contributed by atoms with Gasteiger partial charge in [-0.2, -0.15) is 4.98 Å². The molecule has 1 N–H and O–H groups in total. The lowest BCUT2D eigenvalue weighted by atomic mass is 9.55. The van der Waals surface area contributed by atoms with Gasteiger partial charge in [0.25, 0.3) is 0 Å². The van der Waals surface area contributed by atoms with Crippen molar-refractivity contribution in [3.63, 3.8) is 0 Å². The Kier molecular flexibility index (Phi) is 7.90. The van der Waals surface area contributed by atoms with E-state index in [1.165, 1.54) is 12.7 Å². The average Bonchev–Trinajstić information content (AvgIpc) is 2.95. The number of rotatable bonds is 10. The number of methoxy groups -OCH3 is 2. The minimum absolute atomic E-state index is 0.162. The molecule has 3 aromatic carbocycles. The van der Waals surface area contributed by atoms with Crippen LogP contribution in [0.25, 0.3) is 11.1 Å². The smallest absolute Gasteiger partial charge is 0.315 e. The number of aromatic nitrogens is 1. The molecule has 1 aromatic heterocycles. The van der Waals surface area contributed by atoms with Gasteiger partial charge in [0.15, 0.2) is 11.5 Å². The molecule has 4 aromatic rings. The number of hydrogen-bond acceptors (Lipinski definition) is 5. The molecule has 8 heteroatoms. The van der Waals surface area contributed by atoms with Crippen LogP contribution in [-0.2, 0) is 22.0 Å². The molecule has 0 saturated carbocycles. The maximum atomic E-state index is 13.8. The molecule has 2 atom stereocenters. The molecule has 0 spiro atoms. The van der Waals surface area contributed by atoms with Gasteiger partial charge in [0, 0.05) is 11.0 Å². The van der Waals surface area contributed by atoms with E-state index in [2.05, 4.69) is 31.0 Å². The third kappa shape index (κ3) is 4.58. The van der Waals surface area contributed by atoms with Gasteiger partial charge in [-0.15, -0.1) is 0 Å². The largest absolute Gasteiger partial charge is 0.493 e. The fraction of sp³-hybridized carbons (Fsp3) is 0.294. The fourth-order valence-electron chi connectivity index (χ4n) is 6.02. The lowest BCUT2D eigenvalue weighted by molar-refractivity contribution is -0.145. The topological polar surface area (TPSA) is 77.9 Å². The van der Waals surface area contributed by atoms with E-state index in [-0.39, 0.29) is 21.8 Å². The van der Waals surface area contributed by atoms with Gasteiger partial charge in [0.1, 0.15) is 15.5 Å². The molecular formula is C34H33Cl2NO5. The van der Waals surface area contributed by atoms with Crippen molar-refractivity contribution in [2.75, 3.05) is 14.2 Å². The molecule has 0 aliphatic carbocycles. The minimum atomic E-state index is -1.61. The molecule has 6 rings (SSSR count). The van der Waals surface area contributed by atoms with E-state index < -0.39 is 16.8 Å². The van der Waals surface area contributed by atoms with Crippen LogP contribution in [0.5, 0.6) is 23.3 Å². The zero-order valence-corrected chi connectivity index (χ0v) is 25.9. The highest BCUT2D eigenvalue weighted by Crippen LogP contribution is 2.59. The highest BCUT2D eigenvalue weighted by atomic mass is 35.5. The van der Waals surface area contributed by atoms with Crippen LogP contribution in [0, 0.1) is 5.92 Å². The Bertz CT molecular complexity index is 1640. The highest BCUT2D eigenvalue weighted by Gasteiger charge is 2.57. The summed E-state index contributed by atoms with van der Waals surface area (Å²) in [4.78, 5) is 18.0. The summed E-state index contributed by atoms with van der Waals surface area (Å²) < 4.78 is 16.7. The summed E-state index contributed by atoms with van der Waals surface area (Å²) >= 11 is 13.8. The summed E-state index contributed by atoms with van der Waals surface area (Å²) in [5, 5.41) is 11.6. The number of hydrogen-bond donors (Lipinski definition) is 1. The molecule has 218 valence electrons. The third-order valence-corrected chi connectivity index (χ3v) is 9.18. The summed E-state index contributed by atoms with van der Waals surface area (Å²) in [6.45, 7) is 7.93. The van der Waals surface area contributed by atoms with Crippen molar-refractivity contribution >= 4 is 29.2 Å². The molecule has 0 fully saturated rings. The molecule has 0 radical (unpaired) electrons. The Morgan fingerprint density at radius 2 is 1.52 bits per heavy atom. The first-order chi connectivity index (χ1) is 20.0. The molecule has 0 saturated heterocycles. The first-order valence-electron chi connectivity index (χ1n) is 13.7. The van der Waals surface area contributed by atoms with Crippen LogP contribution in [0.3, 0.4) is 0 Å². The number of carboxylic acids is 1. The number of benzene rings is 3. The Balaban J connectivity index is 1.82. The quantitative estimate of drug-likeness (QED) is 0.171. The Morgan fingerprint density at radius 3 is 2.07 bits per heavy atom. The number of fused-ring (bicyclic) bond motifs is 2. The highest BCUT2D eigenvalue weighted by molar-refractivity contribution is 6.38. The van der Waals surface area contributed by atoms with Gasteiger partial charge in [-0.05, 0) is 66.1 Å². The summed E-state index contributed by atoms with van der Waals surface area (Å²) in [6.07, 6.45) is 0.956. The lowest BCUT2D eigenvalue weighted by Crippen LogP contribution is -2.52. The first kappa shape index (κ1) is 29.7. The maximum absolute atomic E-state index is 13.8. The maximum Gasteiger partial charge on any atom is 0.315 e. The predicted octanol–water partition coefficient (Wildman–Crippen LogP) is 8.73. The van der Waals surface area contributed by atoms with Crippen molar-refractivity contribution in [2.45, 2.75) is 44.9 Å². The van der Waals surface area contributed by atoms with Gasteiger partial charge in [0.05, 0.1) is 14.2 Å². The van der Waals surface area contributed by atoms with Gasteiger partial charge >= 0.3 is 5.97 Å². The molecule has 2 unspecified atom stereocenters. The Morgan fingerprint density at radius 1 is 0.929 bits per heavy atom. The number of carboxylic acid groups (broad SMARTS) is 1. The number of ether oxygens (including phenoxy) is 3. The lowest BCUT2D eigenvalue weighted by Gasteiger charge is -2.47. The molecule has 6 nitrogen and oxygen atoms in total. The van der Waals surface area contributed by atoms with Crippen LogP contribution < -0.4 is 14.2 Å². The van der Waals surface area contributed by atoms with Crippen molar-refractivity contribution in [3.05, 3.63) is 99.0 Å². The van der Waals surface area contributed by atoms with Crippen molar-refractivity contribution < 1.29 is 24.1 Å². The van der Waals surface area contributed by atoms with E-state index in [1.54, 1.807) is 26.2 Å². The predicted molar refractivity (Wildman–Crippen MR) is 166 cm³/mol.